The van der Waals surface area contributed by atoms with E-state index in [0.29, 0.717) is 25.0 Å². The molecule has 1 aliphatic carbocycles. The summed E-state index contributed by atoms with van der Waals surface area (Å²) in [5, 5.41) is 2.24. The predicted octanol–water partition coefficient (Wildman–Crippen LogP) is 1.96. The average molecular weight is 267 g/mol. The van der Waals surface area contributed by atoms with Crippen LogP contribution in [-0.4, -0.2) is 11.4 Å². The number of carbonyl (C=O) groups excluding carboxylic acids is 1. The summed E-state index contributed by atoms with van der Waals surface area (Å²) in [6.45, 7) is 0. The monoisotopic (exact) mass is 266 g/mol. The van der Waals surface area contributed by atoms with Crippen LogP contribution < -0.4 is 11.1 Å². The molecule has 7 heteroatoms. The Morgan fingerprint density at radius 3 is 2.12 bits per heavy atom. The fraction of sp³-hybridized carbons (Fsp3) is 0.300. The largest absolute Gasteiger partial charge is 0.324 e. The van der Waals surface area contributed by atoms with Crippen molar-refractivity contribution in [3.63, 3.8) is 0 Å². The molecule has 1 amide bonds. The Labute approximate surface area is 102 Å². The van der Waals surface area contributed by atoms with Gasteiger partial charge in [-0.3, -0.25) is 4.79 Å². The van der Waals surface area contributed by atoms with Gasteiger partial charge < -0.3 is 11.1 Å². The lowest BCUT2D eigenvalue weighted by Gasteiger charge is -2.10. The summed E-state index contributed by atoms with van der Waals surface area (Å²) in [6.07, 6.45) is 1.07. The first kappa shape index (κ1) is 13.8. The molecule has 0 heterocycles. The minimum atomic E-state index is -1.56. The number of hydrogen-bond donors (Lipinski definition) is 2. The Bertz CT molecular complexity index is 440. The quantitative estimate of drug-likeness (QED) is 0.804. The molecule has 1 saturated carbocycles. The molecule has 0 aliphatic heterocycles. The van der Waals surface area contributed by atoms with Crippen LogP contribution >= 0.6 is 12.4 Å². The third-order valence-corrected chi connectivity index (χ3v) is 2.48. The second-order valence-electron chi connectivity index (χ2n) is 3.86. The normalized spacial score (nSPS) is 16.0. The van der Waals surface area contributed by atoms with Gasteiger partial charge in [0.1, 0.15) is 0 Å². The molecule has 1 aromatic carbocycles. The van der Waals surface area contributed by atoms with Gasteiger partial charge in [-0.2, -0.15) is 0 Å². The van der Waals surface area contributed by atoms with Gasteiger partial charge in [-0.05, 0) is 12.8 Å². The highest BCUT2D eigenvalue weighted by Gasteiger charge is 2.46. The van der Waals surface area contributed by atoms with Crippen LogP contribution in [0.25, 0.3) is 0 Å². The van der Waals surface area contributed by atoms with Gasteiger partial charge in [0, 0.05) is 17.8 Å². The fourth-order valence-corrected chi connectivity index (χ4v) is 1.24. The third-order valence-electron chi connectivity index (χ3n) is 2.48. The van der Waals surface area contributed by atoms with Crippen molar-refractivity contribution in [3.8, 4) is 0 Å². The van der Waals surface area contributed by atoms with Crippen molar-refractivity contribution in [2.75, 3.05) is 5.32 Å². The molecule has 2 rings (SSSR count). The lowest BCUT2D eigenvalue weighted by atomic mass is 10.2. The minimum absolute atomic E-state index is 0. The molecule has 3 nitrogen and oxygen atoms in total. The van der Waals surface area contributed by atoms with Gasteiger partial charge in [-0.25, -0.2) is 13.2 Å². The number of amides is 1. The molecule has 0 atom stereocenters. The molecular weight excluding hydrogens is 257 g/mol. The maximum Gasteiger partial charge on any atom is 0.244 e. The highest BCUT2D eigenvalue weighted by Crippen LogP contribution is 2.33. The van der Waals surface area contributed by atoms with E-state index in [-0.39, 0.29) is 18.1 Å². The fourth-order valence-electron chi connectivity index (χ4n) is 1.24. The van der Waals surface area contributed by atoms with Gasteiger partial charge in [0.05, 0.1) is 5.54 Å². The number of nitrogens with one attached hydrogen (secondary N) is 1. The van der Waals surface area contributed by atoms with Gasteiger partial charge in [0.15, 0.2) is 17.5 Å². The van der Waals surface area contributed by atoms with Crippen molar-refractivity contribution in [2.45, 2.75) is 18.4 Å². The van der Waals surface area contributed by atoms with Crippen LogP contribution in [0.1, 0.15) is 12.8 Å². The van der Waals surface area contributed by atoms with Crippen LogP contribution in [0.5, 0.6) is 0 Å². The highest BCUT2D eigenvalue weighted by atomic mass is 35.5. The first-order valence-corrected chi connectivity index (χ1v) is 4.67. The molecule has 17 heavy (non-hydrogen) atoms. The van der Waals surface area contributed by atoms with Crippen LogP contribution in [-0.2, 0) is 4.79 Å². The molecule has 1 aliphatic rings. The Morgan fingerprint density at radius 2 is 1.71 bits per heavy atom. The molecule has 0 aromatic heterocycles. The summed E-state index contributed by atoms with van der Waals surface area (Å²) < 4.78 is 38.2. The van der Waals surface area contributed by atoms with E-state index in [4.69, 9.17) is 5.73 Å². The average Bonchev–Trinajstić information content (AvgIpc) is 2.94. The second kappa shape index (κ2) is 4.54. The topological polar surface area (TPSA) is 55.1 Å². The second-order valence-corrected chi connectivity index (χ2v) is 3.86. The molecule has 0 spiro atoms. The van der Waals surface area contributed by atoms with Gasteiger partial charge in [0.25, 0.3) is 0 Å². The van der Waals surface area contributed by atoms with Crippen molar-refractivity contribution in [1.29, 1.82) is 0 Å². The number of hydrogen-bond acceptors (Lipinski definition) is 2. The summed E-state index contributed by atoms with van der Waals surface area (Å²) in [4.78, 5) is 11.4. The number of rotatable bonds is 2. The van der Waals surface area contributed by atoms with Crippen LogP contribution in [0.15, 0.2) is 12.1 Å². The first-order valence-electron chi connectivity index (χ1n) is 4.67. The Kier molecular flexibility index (Phi) is 3.68. The molecule has 0 unspecified atom stereocenters. The van der Waals surface area contributed by atoms with E-state index in [9.17, 15) is 18.0 Å². The summed E-state index contributed by atoms with van der Waals surface area (Å²) >= 11 is 0. The van der Waals surface area contributed by atoms with Crippen LogP contribution in [0.4, 0.5) is 18.9 Å². The van der Waals surface area contributed by atoms with Crippen LogP contribution in [0, 0.1) is 17.5 Å². The summed E-state index contributed by atoms with van der Waals surface area (Å²) in [7, 11) is 0. The van der Waals surface area contributed by atoms with E-state index in [1.54, 1.807) is 0 Å². The molecular formula is C10H10ClF3N2O. The molecule has 3 N–H and O–H groups in total. The molecule has 94 valence electrons. The van der Waals surface area contributed by atoms with E-state index >= 15 is 0 Å². The van der Waals surface area contributed by atoms with Crippen LogP contribution in [0.3, 0.4) is 0 Å². The SMILES string of the molecule is Cl.NC1(C(=O)Nc2cc(F)c(F)c(F)c2)CC1. The van der Waals surface area contributed by atoms with E-state index in [0.717, 1.165) is 0 Å². The number of halogens is 4. The van der Waals surface area contributed by atoms with Gasteiger partial charge >= 0.3 is 0 Å². The summed E-state index contributed by atoms with van der Waals surface area (Å²) in [6, 6.07) is 1.42. The van der Waals surface area contributed by atoms with Gasteiger partial charge in [-0.1, -0.05) is 0 Å². The van der Waals surface area contributed by atoms with Crippen molar-refractivity contribution >= 4 is 24.0 Å². The maximum absolute atomic E-state index is 12.8. The predicted molar refractivity (Wildman–Crippen MR) is 58.3 cm³/mol. The zero-order valence-electron chi connectivity index (χ0n) is 8.60. The van der Waals surface area contributed by atoms with E-state index in [1.807, 2.05) is 0 Å². The molecule has 1 aromatic rings. The first-order chi connectivity index (χ1) is 7.42. The van der Waals surface area contributed by atoms with E-state index in [1.165, 1.54) is 0 Å². The standard InChI is InChI=1S/C10H9F3N2O.ClH/c11-6-3-5(4-7(12)8(6)13)15-9(16)10(14)1-2-10;/h3-4H,1-2,14H2,(H,15,16);1H. The molecule has 1 fully saturated rings. The highest BCUT2D eigenvalue weighted by molar-refractivity contribution is 6.00. The number of nitrogens with two attached hydrogens (primary N) is 1. The number of anilines is 1. The summed E-state index contributed by atoms with van der Waals surface area (Å²) in [5.74, 6) is -4.78. The van der Waals surface area contributed by atoms with Crippen molar-refractivity contribution in [3.05, 3.63) is 29.6 Å². The summed E-state index contributed by atoms with van der Waals surface area (Å²) in [5.41, 5.74) is 4.49. The maximum atomic E-state index is 12.8. The molecule has 0 saturated heterocycles. The molecule has 0 radical (unpaired) electrons. The number of benzene rings is 1. The Morgan fingerprint density at radius 1 is 1.24 bits per heavy atom. The van der Waals surface area contributed by atoms with E-state index < -0.39 is 28.9 Å². The Balaban J connectivity index is 0.00000144. The van der Waals surface area contributed by atoms with Crippen molar-refractivity contribution < 1.29 is 18.0 Å². The zero-order chi connectivity index (χ0) is 11.9. The minimum Gasteiger partial charge on any atom is -0.324 e. The lowest BCUT2D eigenvalue weighted by molar-refractivity contribution is -0.118. The van der Waals surface area contributed by atoms with Crippen molar-refractivity contribution in [2.24, 2.45) is 5.73 Å². The van der Waals surface area contributed by atoms with Crippen molar-refractivity contribution in [1.82, 2.24) is 0 Å². The Hall–Kier alpha value is -1.27. The molecule has 0 bridgehead atoms. The van der Waals surface area contributed by atoms with E-state index in [2.05, 4.69) is 5.32 Å². The van der Waals surface area contributed by atoms with Gasteiger partial charge in [0.2, 0.25) is 5.91 Å². The third kappa shape index (κ3) is 2.70. The lowest BCUT2D eigenvalue weighted by Crippen LogP contribution is -2.37. The number of carbonyl (C=O) groups is 1. The smallest absolute Gasteiger partial charge is 0.244 e. The zero-order valence-corrected chi connectivity index (χ0v) is 9.41. The van der Waals surface area contributed by atoms with Gasteiger partial charge in [-0.15, -0.1) is 12.4 Å². The van der Waals surface area contributed by atoms with Crippen LogP contribution in [0.2, 0.25) is 0 Å².